The van der Waals surface area contributed by atoms with Crippen LogP contribution in [0.4, 0.5) is 5.69 Å². The highest BCUT2D eigenvalue weighted by atomic mass is 16.2. The first-order chi connectivity index (χ1) is 14.1. The Morgan fingerprint density at radius 3 is 2.14 bits per heavy atom. The molecule has 1 aliphatic heterocycles. The van der Waals surface area contributed by atoms with E-state index >= 15 is 0 Å². The lowest BCUT2D eigenvalue weighted by Gasteiger charge is -2.13. The molecular formula is C24H22N2O3. The third kappa shape index (κ3) is 4.04. The SMILES string of the molecule is O=C(CCCCCN1C(=O)c2ccccc2C1=O)Nc1ccc2ccccc2c1. The van der Waals surface area contributed by atoms with Gasteiger partial charge in [-0.05, 0) is 47.9 Å². The molecule has 0 bridgehead atoms. The molecule has 4 rings (SSSR count). The summed E-state index contributed by atoms with van der Waals surface area (Å²) < 4.78 is 0. The molecular weight excluding hydrogens is 364 g/mol. The predicted molar refractivity (Wildman–Crippen MR) is 113 cm³/mol. The molecule has 0 aromatic heterocycles. The number of nitrogens with zero attached hydrogens (tertiary/aromatic N) is 1. The monoisotopic (exact) mass is 386 g/mol. The van der Waals surface area contributed by atoms with Crippen molar-refractivity contribution < 1.29 is 14.4 Å². The minimum absolute atomic E-state index is 0.0268. The Kier molecular flexibility index (Phi) is 5.38. The smallest absolute Gasteiger partial charge is 0.261 e. The van der Waals surface area contributed by atoms with Crippen LogP contribution in [0, 0.1) is 0 Å². The third-order valence-corrected chi connectivity index (χ3v) is 5.20. The zero-order valence-electron chi connectivity index (χ0n) is 16.1. The molecule has 0 unspecified atom stereocenters. The molecule has 0 saturated carbocycles. The molecule has 5 heteroatoms. The highest BCUT2D eigenvalue weighted by Gasteiger charge is 2.34. The van der Waals surface area contributed by atoms with E-state index in [0.717, 1.165) is 22.9 Å². The van der Waals surface area contributed by atoms with Crippen molar-refractivity contribution in [2.75, 3.05) is 11.9 Å². The molecule has 1 aliphatic rings. The summed E-state index contributed by atoms with van der Waals surface area (Å²) in [6.07, 6.45) is 2.59. The highest BCUT2D eigenvalue weighted by Crippen LogP contribution is 2.23. The number of hydrogen-bond acceptors (Lipinski definition) is 3. The molecule has 3 amide bonds. The maximum absolute atomic E-state index is 12.3. The van der Waals surface area contributed by atoms with Gasteiger partial charge < -0.3 is 5.32 Å². The number of anilines is 1. The Morgan fingerprint density at radius 1 is 0.759 bits per heavy atom. The van der Waals surface area contributed by atoms with Gasteiger partial charge in [0.1, 0.15) is 0 Å². The van der Waals surface area contributed by atoms with Gasteiger partial charge in [0.25, 0.3) is 11.8 Å². The minimum atomic E-state index is -0.223. The van der Waals surface area contributed by atoms with Gasteiger partial charge in [0, 0.05) is 18.7 Å². The molecule has 1 N–H and O–H groups in total. The summed E-state index contributed by atoms with van der Waals surface area (Å²) in [6, 6.07) is 20.8. The van der Waals surface area contributed by atoms with Crippen LogP contribution in [0.3, 0.4) is 0 Å². The zero-order chi connectivity index (χ0) is 20.2. The molecule has 0 saturated heterocycles. The molecule has 3 aromatic carbocycles. The quantitative estimate of drug-likeness (QED) is 0.475. The molecule has 0 aliphatic carbocycles. The molecule has 3 aromatic rings. The first kappa shape index (κ1) is 18.9. The van der Waals surface area contributed by atoms with Crippen molar-refractivity contribution in [2.24, 2.45) is 0 Å². The van der Waals surface area contributed by atoms with Crippen molar-refractivity contribution in [1.82, 2.24) is 4.90 Å². The topological polar surface area (TPSA) is 66.5 Å². The van der Waals surface area contributed by atoms with Crippen LogP contribution in [0.5, 0.6) is 0 Å². The van der Waals surface area contributed by atoms with Crippen molar-refractivity contribution in [3.8, 4) is 0 Å². The van der Waals surface area contributed by atoms with Crippen molar-refractivity contribution >= 4 is 34.2 Å². The standard InChI is InChI=1S/C24H22N2O3/c27-22(25-19-14-13-17-8-3-4-9-18(17)16-19)12-2-1-7-15-26-23(28)20-10-5-6-11-21(20)24(26)29/h3-6,8-11,13-14,16H,1-2,7,12,15H2,(H,25,27). The Bertz CT molecular complexity index is 1060. The lowest BCUT2D eigenvalue weighted by molar-refractivity contribution is -0.116. The van der Waals surface area contributed by atoms with Crippen LogP contribution in [-0.2, 0) is 4.79 Å². The first-order valence-electron chi connectivity index (χ1n) is 9.87. The highest BCUT2D eigenvalue weighted by molar-refractivity contribution is 6.21. The summed E-state index contributed by atoms with van der Waals surface area (Å²) in [6.45, 7) is 0.388. The second-order valence-corrected chi connectivity index (χ2v) is 7.23. The summed E-state index contributed by atoms with van der Waals surface area (Å²) >= 11 is 0. The third-order valence-electron chi connectivity index (χ3n) is 5.20. The molecule has 0 atom stereocenters. The molecule has 5 nitrogen and oxygen atoms in total. The fourth-order valence-corrected chi connectivity index (χ4v) is 3.67. The van der Waals surface area contributed by atoms with Crippen LogP contribution < -0.4 is 5.32 Å². The number of nitrogens with one attached hydrogen (secondary N) is 1. The number of fused-ring (bicyclic) bond motifs is 2. The Balaban J connectivity index is 1.21. The van der Waals surface area contributed by atoms with Crippen molar-refractivity contribution in [3.63, 3.8) is 0 Å². The van der Waals surface area contributed by atoms with Crippen LogP contribution in [0.15, 0.2) is 66.7 Å². The fourth-order valence-electron chi connectivity index (χ4n) is 3.67. The number of imide groups is 1. The van der Waals surface area contributed by atoms with Gasteiger partial charge in [-0.25, -0.2) is 0 Å². The lowest BCUT2D eigenvalue weighted by atomic mass is 10.1. The van der Waals surface area contributed by atoms with Crippen LogP contribution in [0.25, 0.3) is 10.8 Å². The maximum atomic E-state index is 12.3. The maximum Gasteiger partial charge on any atom is 0.261 e. The van der Waals surface area contributed by atoms with E-state index in [9.17, 15) is 14.4 Å². The Morgan fingerprint density at radius 2 is 1.41 bits per heavy atom. The van der Waals surface area contributed by atoms with Crippen molar-refractivity contribution in [1.29, 1.82) is 0 Å². The molecule has 0 radical (unpaired) electrons. The molecule has 0 spiro atoms. The van der Waals surface area contributed by atoms with E-state index in [0.29, 0.717) is 36.9 Å². The number of rotatable bonds is 7. The van der Waals surface area contributed by atoms with Gasteiger partial charge >= 0.3 is 0 Å². The Hall–Kier alpha value is -3.47. The zero-order valence-corrected chi connectivity index (χ0v) is 16.1. The van der Waals surface area contributed by atoms with Gasteiger partial charge in [-0.15, -0.1) is 0 Å². The van der Waals surface area contributed by atoms with Gasteiger partial charge in [0.2, 0.25) is 5.91 Å². The van der Waals surface area contributed by atoms with Crippen LogP contribution >= 0.6 is 0 Å². The number of benzene rings is 3. The van der Waals surface area contributed by atoms with Crippen LogP contribution in [-0.4, -0.2) is 29.2 Å². The minimum Gasteiger partial charge on any atom is -0.326 e. The average molecular weight is 386 g/mol. The predicted octanol–water partition coefficient (Wildman–Crippen LogP) is 4.63. The fraction of sp³-hybridized carbons (Fsp3) is 0.208. The first-order valence-corrected chi connectivity index (χ1v) is 9.87. The molecule has 29 heavy (non-hydrogen) atoms. The number of hydrogen-bond donors (Lipinski definition) is 1. The van der Waals surface area contributed by atoms with E-state index in [1.165, 1.54) is 4.90 Å². The Labute approximate surface area is 169 Å². The number of carbonyl (C=O) groups excluding carboxylic acids is 3. The molecule has 1 heterocycles. The normalized spacial score (nSPS) is 13.0. The second kappa shape index (κ2) is 8.27. The van der Waals surface area contributed by atoms with E-state index in [1.54, 1.807) is 24.3 Å². The van der Waals surface area contributed by atoms with E-state index in [2.05, 4.69) is 5.32 Å². The summed E-state index contributed by atoms with van der Waals surface area (Å²) in [5.74, 6) is -0.472. The molecule has 146 valence electrons. The largest absolute Gasteiger partial charge is 0.326 e. The van der Waals surface area contributed by atoms with E-state index in [-0.39, 0.29) is 17.7 Å². The average Bonchev–Trinajstić information content (AvgIpc) is 2.98. The van der Waals surface area contributed by atoms with E-state index in [4.69, 9.17) is 0 Å². The summed E-state index contributed by atoms with van der Waals surface area (Å²) in [5, 5.41) is 5.16. The summed E-state index contributed by atoms with van der Waals surface area (Å²) in [5.41, 5.74) is 1.75. The van der Waals surface area contributed by atoms with Crippen LogP contribution in [0.1, 0.15) is 46.4 Å². The number of carbonyl (C=O) groups is 3. The lowest BCUT2D eigenvalue weighted by Crippen LogP contribution is -2.30. The number of unbranched alkanes of at least 4 members (excludes halogenated alkanes) is 2. The number of amides is 3. The van der Waals surface area contributed by atoms with E-state index in [1.807, 2.05) is 42.5 Å². The van der Waals surface area contributed by atoms with Gasteiger partial charge in [0.05, 0.1) is 11.1 Å². The van der Waals surface area contributed by atoms with Crippen molar-refractivity contribution in [3.05, 3.63) is 77.9 Å². The summed E-state index contributed by atoms with van der Waals surface area (Å²) in [7, 11) is 0. The molecule has 0 fully saturated rings. The summed E-state index contributed by atoms with van der Waals surface area (Å²) in [4.78, 5) is 38.1. The van der Waals surface area contributed by atoms with Gasteiger partial charge in [0.15, 0.2) is 0 Å². The van der Waals surface area contributed by atoms with Crippen molar-refractivity contribution in [2.45, 2.75) is 25.7 Å². The van der Waals surface area contributed by atoms with Gasteiger partial charge in [-0.1, -0.05) is 48.9 Å². The van der Waals surface area contributed by atoms with Gasteiger partial charge in [-0.3, -0.25) is 19.3 Å². The van der Waals surface area contributed by atoms with Gasteiger partial charge in [-0.2, -0.15) is 0 Å². The van der Waals surface area contributed by atoms with E-state index < -0.39 is 0 Å². The van der Waals surface area contributed by atoms with Crippen LogP contribution in [0.2, 0.25) is 0 Å². The second-order valence-electron chi connectivity index (χ2n) is 7.23.